The Hall–Kier alpha value is -1.62. The Kier molecular flexibility index (Phi) is 4.95. The molecule has 0 amide bonds. The first-order valence-electron chi connectivity index (χ1n) is 6.98. The normalized spacial score (nSPS) is 10.6. The van der Waals surface area contributed by atoms with Crippen LogP contribution in [0.15, 0.2) is 12.1 Å². The van der Waals surface area contributed by atoms with Gasteiger partial charge in [-0.3, -0.25) is 0 Å². The summed E-state index contributed by atoms with van der Waals surface area (Å²) in [7, 11) is 1.90. The summed E-state index contributed by atoms with van der Waals surface area (Å²) in [6, 6.07) is 4.31. The first kappa shape index (κ1) is 14.8. The zero-order valence-corrected chi connectivity index (χ0v) is 13.4. The molecule has 0 saturated heterocycles. The van der Waals surface area contributed by atoms with Crippen LogP contribution in [0, 0.1) is 13.8 Å². The summed E-state index contributed by atoms with van der Waals surface area (Å²) < 4.78 is 0. The van der Waals surface area contributed by atoms with Crippen molar-refractivity contribution in [2.24, 2.45) is 0 Å². The zero-order chi connectivity index (χ0) is 14.5. The lowest BCUT2D eigenvalue weighted by molar-refractivity contribution is 0.832. The van der Waals surface area contributed by atoms with Crippen molar-refractivity contribution in [1.29, 1.82) is 0 Å². The summed E-state index contributed by atoms with van der Waals surface area (Å²) in [5, 5.41) is 6.58. The van der Waals surface area contributed by atoms with Crippen LogP contribution in [0.5, 0.6) is 0 Å². The lowest BCUT2D eigenvalue weighted by atomic mass is 10.2. The van der Waals surface area contributed by atoms with Crippen LogP contribution in [0.25, 0.3) is 0 Å². The Morgan fingerprint density at radius 2 is 1.90 bits per heavy atom. The number of hydrogen-bond acceptors (Lipinski definition) is 5. The number of nitrogens with one attached hydrogen (secondary N) is 2. The minimum absolute atomic E-state index is 0.811. The molecular weight excluding hydrogens is 268 g/mol. The van der Waals surface area contributed by atoms with Gasteiger partial charge in [0, 0.05) is 28.8 Å². The van der Waals surface area contributed by atoms with E-state index in [1.54, 1.807) is 0 Å². The third-order valence-electron chi connectivity index (χ3n) is 3.13. The molecule has 0 bridgehead atoms. The molecule has 0 atom stereocenters. The summed E-state index contributed by atoms with van der Waals surface area (Å²) in [6.07, 6.45) is 1.96. The van der Waals surface area contributed by atoms with Crippen LogP contribution >= 0.6 is 11.3 Å². The van der Waals surface area contributed by atoms with Gasteiger partial charge in [0.1, 0.15) is 17.5 Å². The Morgan fingerprint density at radius 1 is 1.15 bits per heavy atom. The Bertz CT molecular complexity index is 577. The molecule has 0 aliphatic carbocycles. The largest absolute Gasteiger partial charge is 0.373 e. The van der Waals surface area contributed by atoms with Crippen molar-refractivity contribution in [3.63, 3.8) is 0 Å². The third kappa shape index (κ3) is 3.48. The minimum Gasteiger partial charge on any atom is -0.373 e. The van der Waals surface area contributed by atoms with Crippen molar-refractivity contribution in [1.82, 2.24) is 9.97 Å². The standard InChI is InChI=1S/C15H22N4S/c1-5-6-13-18-14(16-4)11(3)15(19-13)17-9-12-8-7-10(2)20-12/h7-8H,5-6,9H2,1-4H3,(H2,16,17,18,19). The van der Waals surface area contributed by atoms with Crippen LogP contribution in [-0.2, 0) is 13.0 Å². The summed E-state index contributed by atoms with van der Waals surface area (Å²) in [4.78, 5) is 11.8. The fraction of sp³-hybridized carbons (Fsp3) is 0.467. The van der Waals surface area contributed by atoms with Crippen molar-refractivity contribution in [2.45, 2.75) is 40.2 Å². The average molecular weight is 290 g/mol. The second-order valence-electron chi connectivity index (χ2n) is 4.83. The Balaban J connectivity index is 2.18. The molecule has 2 aromatic heterocycles. The van der Waals surface area contributed by atoms with Gasteiger partial charge in [0.2, 0.25) is 0 Å². The highest BCUT2D eigenvalue weighted by molar-refractivity contribution is 7.11. The lowest BCUT2D eigenvalue weighted by Crippen LogP contribution is -2.09. The first-order chi connectivity index (χ1) is 9.63. The van der Waals surface area contributed by atoms with Gasteiger partial charge >= 0.3 is 0 Å². The van der Waals surface area contributed by atoms with Gasteiger partial charge in [-0.05, 0) is 32.4 Å². The van der Waals surface area contributed by atoms with Crippen LogP contribution in [0.4, 0.5) is 11.6 Å². The summed E-state index contributed by atoms with van der Waals surface area (Å²) >= 11 is 1.82. The molecule has 0 unspecified atom stereocenters. The summed E-state index contributed by atoms with van der Waals surface area (Å²) in [6.45, 7) is 7.13. The molecule has 0 aliphatic heterocycles. The predicted octanol–water partition coefficient (Wildman–Crippen LogP) is 3.76. The number of aryl methyl sites for hydroxylation is 2. The molecule has 0 spiro atoms. The maximum atomic E-state index is 4.63. The first-order valence-corrected chi connectivity index (χ1v) is 7.80. The number of thiophene rings is 1. The monoisotopic (exact) mass is 290 g/mol. The number of aromatic nitrogens is 2. The maximum Gasteiger partial charge on any atom is 0.135 e. The van der Waals surface area contributed by atoms with Crippen LogP contribution in [0.3, 0.4) is 0 Å². The number of anilines is 2. The molecule has 0 fully saturated rings. The van der Waals surface area contributed by atoms with E-state index in [4.69, 9.17) is 0 Å². The molecule has 20 heavy (non-hydrogen) atoms. The molecule has 2 aromatic rings. The molecule has 2 rings (SSSR count). The van der Waals surface area contributed by atoms with E-state index in [9.17, 15) is 0 Å². The highest BCUT2D eigenvalue weighted by Crippen LogP contribution is 2.22. The van der Waals surface area contributed by atoms with Gasteiger partial charge < -0.3 is 10.6 Å². The zero-order valence-electron chi connectivity index (χ0n) is 12.6. The molecule has 5 heteroatoms. The van der Waals surface area contributed by atoms with Crippen LogP contribution < -0.4 is 10.6 Å². The van der Waals surface area contributed by atoms with Crippen LogP contribution in [0.2, 0.25) is 0 Å². The van der Waals surface area contributed by atoms with Gasteiger partial charge in [-0.1, -0.05) is 6.92 Å². The lowest BCUT2D eigenvalue weighted by Gasteiger charge is -2.13. The molecule has 4 nitrogen and oxygen atoms in total. The molecular formula is C15H22N4S. The second kappa shape index (κ2) is 6.70. The van der Waals surface area contributed by atoms with Crippen LogP contribution in [0.1, 0.15) is 34.5 Å². The molecule has 0 saturated carbocycles. The fourth-order valence-electron chi connectivity index (χ4n) is 2.06. The van der Waals surface area contributed by atoms with Crippen molar-refractivity contribution < 1.29 is 0 Å². The van der Waals surface area contributed by atoms with E-state index in [1.165, 1.54) is 9.75 Å². The van der Waals surface area contributed by atoms with Gasteiger partial charge in [-0.2, -0.15) is 0 Å². The SMILES string of the molecule is CCCc1nc(NC)c(C)c(NCc2ccc(C)s2)n1. The van der Waals surface area contributed by atoms with Crippen molar-refractivity contribution in [2.75, 3.05) is 17.7 Å². The summed E-state index contributed by atoms with van der Waals surface area (Å²) in [5.74, 6) is 2.74. The topological polar surface area (TPSA) is 49.8 Å². The predicted molar refractivity (Wildman–Crippen MR) is 86.7 cm³/mol. The molecule has 0 radical (unpaired) electrons. The number of hydrogen-bond donors (Lipinski definition) is 2. The van der Waals surface area contributed by atoms with Crippen LogP contribution in [-0.4, -0.2) is 17.0 Å². The third-order valence-corrected chi connectivity index (χ3v) is 4.13. The Labute approximate surface area is 124 Å². The van der Waals surface area contributed by atoms with E-state index in [0.29, 0.717) is 0 Å². The molecule has 108 valence electrons. The van der Waals surface area contributed by atoms with Gasteiger partial charge in [0.25, 0.3) is 0 Å². The molecule has 0 aromatic carbocycles. The van der Waals surface area contributed by atoms with E-state index in [1.807, 2.05) is 25.3 Å². The quantitative estimate of drug-likeness (QED) is 0.850. The number of rotatable bonds is 6. The van der Waals surface area contributed by atoms with E-state index in [2.05, 4.69) is 46.6 Å². The van der Waals surface area contributed by atoms with Gasteiger partial charge in [-0.25, -0.2) is 9.97 Å². The van der Waals surface area contributed by atoms with E-state index in [-0.39, 0.29) is 0 Å². The van der Waals surface area contributed by atoms with Gasteiger partial charge in [-0.15, -0.1) is 11.3 Å². The fourth-order valence-corrected chi connectivity index (χ4v) is 2.89. The van der Waals surface area contributed by atoms with Gasteiger partial charge in [0.05, 0.1) is 6.54 Å². The molecule has 2 heterocycles. The highest BCUT2D eigenvalue weighted by Gasteiger charge is 2.09. The highest BCUT2D eigenvalue weighted by atomic mass is 32.1. The smallest absolute Gasteiger partial charge is 0.135 e. The number of nitrogens with zero attached hydrogens (tertiary/aromatic N) is 2. The van der Waals surface area contributed by atoms with Crippen molar-refractivity contribution >= 4 is 23.0 Å². The minimum atomic E-state index is 0.811. The molecule has 0 aliphatic rings. The second-order valence-corrected chi connectivity index (χ2v) is 6.20. The maximum absolute atomic E-state index is 4.63. The Morgan fingerprint density at radius 3 is 2.50 bits per heavy atom. The molecule has 2 N–H and O–H groups in total. The van der Waals surface area contributed by atoms with Gasteiger partial charge in [0.15, 0.2) is 0 Å². The van der Waals surface area contributed by atoms with E-state index in [0.717, 1.165) is 42.4 Å². The summed E-state index contributed by atoms with van der Waals surface area (Å²) in [5.41, 5.74) is 1.07. The average Bonchev–Trinajstić information content (AvgIpc) is 2.85. The van der Waals surface area contributed by atoms with E-state index < -0.39 is 0 Å². The van der Waals surface area contributed by atoms with Crippen molar-refractivity contribution in [3.8, 4) is 0 Å². The van der Waals surface area contributed by atoms with Crippen molar-refractivity contribution in [3.05, 3.63) is 33.3 Å². The van der Waals surface area contributed by atoms with E-state index >= 15 is 0 Å².